The third-order valence-electron chi connectivity index (χ3n) is 2.55. The molecule has 0 spiro atoms. The molecule has 19 heavy (non-hydrogen) atoms. The molecule has 0 saturated carbocycles. The van der Waals surface area contributed by atoms with Crippen molar-refractivity contribution in [2.24, 2.45) is 0 Å². The average molecular weight is 354 g/mol. The Morgan fingerprint density at radius 3 is 2.00 bits per heavy atom. The Bertz CT molecular complexity index is 587. The minimum Gasteiger partial charge on any atom is -0.207 e. The molecule has 6 heteroatoms. The molecule has 0 aliphatic heterocycles. The molecule has 0 aliphatic rings. The van der Waals surface area contributed by atoms with Gasteiger partial charge in [0.2, 0.25) is 0 Å². The van der Waals surface area contributed by atoms with Crippen LogP contribution in [0.4, 0.5) is 17.6 Å². The van der Waals surface area contributed by atoms with Crippen LogP contribution in [0.25, 0.3) is 0 Å². The summed E-state index contributed by atoms with van der Waals surface area (Å²) in [6.45, 7) is 0. The van der Waals surface area contributed by atoms with Crippen LogP contribution in [-0.2, 0) is 0 Å². The predicted octanol–water partition coefficient (Wildman–Crippen LogP) is 5.38. The van der Waals surface area contributed by atoms with Crippen molar-refractivity contribution in [2.75, 3.05) is 0 Å². The van der Waals surface area contributed by atoms with Gasteiger partial charge in [0.1, 0.15) is 23.3 Å². The maximum Gasteiger partial charge on any atom is 0.133 e. The lowest BCUT2D eigenvalue weighted by Crippen LogP contribution is -2.04. The summed E-state index contributed by atoms with van der Waals surface area (Å²) in [7, 11) is 0. The van der Waals surface area contributed by atoms with E-state index in [1.165, 1.54) is 12.1 Å². The van der Waals surface area contributed by atoms with Gasteiger partial charge in [-0.25, -0.2) is 17.6 Å². The quantitative estimate of drug-likeness (QED) is 0.502. The molecule has 0 nitrogen and oxygen atoms in total. The summed E-state index contributed by atoms with van der Waals surface area (Å²) in [5.74, 6) is -3.98. The van der Waals surface area contributed by atoms with Crippen LogP contribution in [0.5, 0.6) is 0 Å². The van der Waals surface area contributed by atoms with E-state index in [0.29, 0.717) is 12.1 Å². The number of hydrogen-bond acceptors (Lipinski definition) is 0. The third-order valence-corrected chi connectivity index (χ3v) is 3.80. The van der Waals surface area contributed by atoms with Crippen molar-refractivity contribution in [1.82, 2.24) is 0 Å². The normalized spacial score (nSPS) is 12.5. The van der Waals surface area contributed by atoms with Gasteiger partial charge in [-0.2, -0.15) is 0 Å². The van der Waals surface area contributed by atoms with Gasteiger partial charge in [-0.05, 0) is 12.1 Å². The summed E-state index contributed by atoms with van der Waals surface area (Å²) in [5.41, 5.74) is -0.595. The Balaban J connectivity index is 2.60. The zero-order chi connectivity index (χ0) is 14.2. The molecule has 0 amide bonds. The highest BCUT2D eigenvalue weighted by atomic mass is 79.9. The topological polar surface area (TPSA) is 0 Å². The molecule has 2 aromatic rings. The Morgan fingerprint density at radius 1 is 0.895 bits per heavy atom. The van der Waals surface area contributed by atoms with Gasteiger partial charge in [0.05, 0.1) is 4.83 Å². The van der Waals surface area contributed by atoms with Crippen molar-refractivity contribution in [3.05, 3.63) is 69.8 Å². The van der Waals surface area contributed by atoms with Crippen LogP contribution in [-0.4, -0.2) is 0 Å². The lowest BCUT2D eigenvalue weighted by molar-refractivity contribution is 0.525. The first-order chi connectivity index (χ1) is 8.91. The number of benzene rings is 2. The maximum absolute atomic E-state index is 13.7. The number of alkyl halides is 1. The molecule has 0 heterocycles. The maximum atomic E-state index is 13.7. The van der Waals surface area contributed by atoms with Crippen molar-refractivity contribution in [3.63, 3.8) is 0 Å². The highest BCUT2D eigenvalue weighted by Crippen LogP contribution is 2.39. The number of halogens is 6. The van der Waals surface area contributed by atoms with Gasteiger partial charge in [0.15, 0.2) is 0 Å². The summed E-state index contributed by atoms with van der Waals surface area (Å²) in [5, 5.41) is 0.0185. The minimum absolute atomic E-state index is 0.0185. The summed E-state index contributed by atoms with van der Waals surface area (Å²) >= 11 is 8.82. The Morgan fingerprint density at radius 2 is 1.47 bits per heavy atom. The molecule has 2 aromatic carbocycles. The van der Waals surface area contributed by atoms with E-state index >= 15 is 0 Å². The van der Waals surface area contributed by atoms with Gasteiger partial charge in [-0.1, -0.05) is 33.6 Å². The number of rotatable bonds is 2. The van der Waals surface area contributed by atoms with Crippen LogP contribution < -0.4 is 0 Å². The molecule has 0 N–H and O–H groups in total. The van der Waals surface area contributed by atoms with Gasteiger partial charge < -0.3 is 0 Å². The summed E-state index contributed by atoms with van der Waals surface area (Å²) in [6.07, 6.45) is 0. The van der Waals surface area contributed by atoms with Crippen LogP contribution in [0.1, 0.15) is 16.0 Å². The van der Waals surface area contributed by atoms with Gasteiger partial charge >= 0.3 is 0 Å². The fourth-order valence-corrected chi connectivity index (χ4v) is 3.00. The number of hydrogen-bond donors (Lipinski definition) is 0. The lowest BCUT2D eigenvalue weighted by Gasteiger charge is -2.15. The van der Waals surface area contributed by atoms with E-state index in [0.717, 1.165) is 6.07 Å². The molecular weight excluding hydrogens is 347 g/mol. The highest BCUT2D eigenvalue weighted by Gasteiger charge is 2.25. The van der Waals surface area contributed by atoms with Gasteiger partial charge in [0.25, 0.3) is 0 Å². The minimum atomic E-state index is -1.15. The molecule has 0 aromatic heterocycles. The second-order valence-corrected chi connectivity index (χ2v) is 5.10. The standard InChI is InChI=1S/C13H6BrClF4/c14-13(11-7(15)2-1-3-8(11)17)12-9(18)4-6(16)5-10(12)19/h1-5,13H. The van der Waals surface area contributed by atoms with Crippen molar-refractivity contribution < 1.29 is 17.6 Å². The summed E-state index contributed by atoms with van der Waals surface area (Å²) in [6, 6.07) is 4.95. The average Bonchev–Trinajstić information content (AvgIpc) is 2.26. The van der Waals surface area contributed by atoms with Crippen molar-refractivity contribution >= 4 is 27.5 Å². The van der Waals surface area contributed by atoms with E-state index in [1.807, 2.05) is 0 Å². The molecule has 0 fully saturated rings. The molecule has 0 radical (unpaired) electrons. The van der Waals surface area contributed by atoms with Gasteiger partial charge in [0, 0.05) is 28.3 Å². The molecule has 0 aliphatic carbocycles. The van der Waals surface area contributed by atoms with E-state index in [2.05, 4.69) is 15.9 Å². The Labute approximate surface area is 120 Å². The van der Waals surface area contributed by atoms with Crippen LogP contribution in [0.2, 0.25) is 5.02 Å². The van der Waals surface area contributed by atoms with E-state index < -0.39 is 33.7 Å². The van der Waals surface area contributed by atoms with Gasteiger partial charge in [-0.3, -0.25) is 0 Å². The van der Waals surface area contributed by atoms with E-state index in [9.17, 15) is 17.6 Å². The first-order valence-corrected chi connectivity index (χ1v) is 6.43. The molecular formula is C13H6BrClF4. The predicted molar refractivity (Wildman–Crippen MR) is 68.5 cm³/mol. The van der Waals surface area contributed by atoms with E-state index in [1.54, 1.807) is 0 Å². The molecule has 1 atom stereocenters. The third kappa shape index (κ3) is 2.77. The van der Waals surface area contributed by atoms with E-state index in [4.69, 9.17) is 11.6 Å². The smallest absolute Gasteiger partial charge is 0.133 e. The highest BCUT2D eigenvalue weighted by molar-refractivity contribution is 9.09. The first kappa shape index (κ1) is 14.3. The fourth-order valence-electron chi connectivity index (χ4n) is 1.69. The van der Waals surface area contributed by atoms with Crippen LogP contribution in [0, 0.1) is 23.3 Å². The molecule has 0 saturated heterocycles. The first-order valence-electron chi connectivity index (χ1n) is 5.14. The monoisotopic (exact) mass is 352 g/mol. The van der Waals surface area contributed by atoms with E-state index in [-0.39, 0.29) is 10.6 Å². The second-order valence-electron chi connectivity index (χ2n) is 3.78. The van der Waals surface area contributed by atoms with Crippen LogP contribution in [0.3, 0.4) is 0 Å². The summed E-state index contributed by atoms with van der Waals surface area (Å²) in [4.78, 5) is -1.15. The largest absolute Gasteiger partial charge is 0.207 e. The molecule has 1 unspecified atom stereocenters. The lowest BCUT2D eigenvalue weighted by atomic mass is 10.0. The van der Waals surface area contributed by atoms with Crippen molar-refractivity contribution in [2.45, 2.75) is 4.83 Å². The fraction of sp³-hybridized carbons (Fsp3) is 0.0769. The SMILES string of the molecule is Fc1cc(F)c(C(Br)c2c(F)cccc2Cl)c(F)c1. The molecule has 2 rings (SSSR count). The summed E-state index contributed by atoms with van der Waals surface area (Å²) < 4.78 is 53.8. The Kier molecular flexibility index (Phi) is 4.16. The zero-order valence-electron chi connectivity index (χ0n) is 9.23. The zero-order valence-corrected chi connectivity index (χ0v) is 11.6. The molecule has 100 valence electrons. The molecule has 0 bridgehead atoms. The van der Waals surface area contributed by atoms with Crippen LogP contribution >= 0.6 is 27.5 Å². The Hall–Kier alpha value is -1.07. The van der Waals surface area contributed by atoms with Gasteiger partial charge in [-0.15, -0.1) is 0 Å². The van der Waals surface area contributed by atoms with Crippen molar-refractivity contribution in [1.29, 1.82) is 0 Å². The van der Waals surface area contributed by atoms with Crippen LogP contribution in [0.15, 0.2) is 30.3 Å². The van der Waals surface area contributed by atoms with Crippen molar-refractivity contribution in [3.8, 4) is 0 Å². The second kappa shape index (κ2) is 5.51.